The number of ether oxygens (including phenoxy) is 1. The van der Waals surface area contributed by atoms with E-state index in [-0.39, 0.29) is 0 Å². The second-order valence-corrected chi connectivity index (χ2v) is 6.67. The largest absolute Gasteiger partial charge is 0.381 e. The molecular weight excluding hydrogens is 288 g/mol. The molecule has 1 aromatic carbocycles. The monoisotopic (exact) mass is 312 g/mol. The molecule has 1 aliphatic carbocycles. The molecule has 0 bridgehead atoms. The van der Waals surface area contributed by atoms with Gasteiger partial charge in [-0.25, -0.2) is 0 Å². The summed E-state index contributed by atoms with van der Waals surface area (Å²) < 4.78 is 5.41. The lowest BCUT2D eigenvalue weighted by Crippen LogP contribution is -2.16. The highest BCUT2D eigenvalue weighted by molar-refractivity contribution is 5.29. The number of nitrogens with one attached hydrogen (secondary N) is 2. The van der Waals surface area contributed by atoms with E-state index in [2.05, 4.69) is 50.8 Å². The molecule has 2 aliphatic rings. The summed E-state index contributed by atoms with van der Waals surface area (Å²) in [6.45, 7) is 2.55. The Labute approximate surface area is 136 Å². The van der Waals surface area contributed by atoms with Crippen molar-refractivity contribution in [3.63, 3.8) is 0 Å². The molecule has 2 heterocycles. The Hall–Kier alpha value is -1.88. The van der Waals surface area contributed by atoms with Gasteiger partial charge in [-0.15, -0.1) is 5.10 Å². The molecule has 0 spiro atoms. The number of anilines is 1. The maximum Gasteiger partial charge on any atom is 0.242 e. The van der Waals surface area contributed by atoms with Crippen LogP contribution in [-0.4, -0.2) is 34.9 Å². The van der Waals surface area contributed by atoms with E-state index >= 15 is 0 Å². The fourth-order valence-corrected chi connectivity index (χ4v) is 3.46. The van der Waals surface area contributed by atoms with Gasteiger partial charge in [-0.3, -0.25) is 5.10 Å². The molecule has 5 nitrogen and oxygen atoms in total. The summed E-state index contributed by atoms with van der Waals surface area (Å²) >= 11 is 0. The molecule has 2 N–H and O–H groups in total. The minimum atomic E-state index is 0.458. The Morgan fingerprint density at radius 2 is 1.91 bits per heavy atom. The van der Waals surface area contributed by atoms with Crippen molar-refractivity contribution in [3.8, 4) is 0 Å². The fourth-order valence-electron chi connectivity index (χ4n) is 3.46. The minimum absolute atomic E-state index is 0.458. The second-order valence-electron chi connectivity index (χ2n) is 6.67. The number of hydrogen-bond acceptors (Lipinski definition) is 4. The quantitative estimate of drug-likeness (QED) is 0.859. The molecule has 2 fully saturated rings. The van der Waals surface area contributed by atoms with Crippen molar-refractivity contribution in [2.24, 2.45) is 5.92 Å². The highest BCUT2D eigenvalue weighted by Gasteiger charge is 2.32. The maximum absolute atomic E-state index is 5.41. The van der Waals surface area contributed by atoms with Crippen molar-refractivity contribution < 1.29 is 4.74 Å². The van der Waals surface area contributed by atoms with Gasteiger partial charge in [0.05, 0.1) is 0 Å². The van der Waals surface area contributed by atoms with Gasteiger partial charge in [0.25, 0.3) is 0 Å². The first-order valence-electron chi connectivity index (χ1n) is 8.69. The zero-order chi connectivity index (χ0) is 15.5. The maximum atomic E-state index is 5.41. The van der Waals surface area contributed by atoms with Crippen molar-refractivity contribution in [1.82, 2.24) is 15.2 Å². The summed E-state index contributed by atoms with van der Waals surface area (Å²) in [5, 5.41) is 10.9. The van der Waals surface area contributed by atoms with Crippen LogP contribution in [0.4, 0.5) is 5.95 Å². The van der Waals surface area contributed by atoms with Gasteiger partial charge in [-0.1, -0.05) is 30.3 Å². The van der Waals surface area contributed by atoms with Crippen LogP contribution >= 0.6 is 0 Å². The highest BCUT2D eigenvalue weighted by atomic mass is 16.5. The van der Waals surface area contributed by atoms with E-state index in [1.807, 2.05) is 0 Å². The van der Waals surface area contributed by atoms with Crippen molar-refractivity contribution in [1.29, 1.82) is 0 Å². The SMILES string of the molecule is c1ccc(C(CNc2n[nH]c(C3CCOCC3)n2)C2CC2)cc1. The first-order valence-corrected chi connectivity index (χ1v) is 8.69. The molecule has 2 aromatic rings. The summed E-state index contributed by atoms with van der Waals surface area (Å²) in [6, 6.07) is 10.8. The van der Waals surface area contributed by atoms with E-state index in [0.717, 1.165) is 50.3 Å². The van der Waals surface area contributed by atoms with E-state index in [4.69, 9.17) is 4.74 Å². The average molecular weight is 312 g/mol. The van der Waals surface area contributed by atoms with Gasteiger partial charge in [0, 0.05) is 31.6 Å². The van der Waals surface area contributed by atoms with Gasteiger partial charge >= 0.3 is 0 Å². The van der Waals surface area contributed by atoms with Crippen LogP contribution in [0.1, 0.15) is 48.9 Å². The predicted octanol–water partition coefficient (Wildman–Crippen LogP) is 3.30. The summed E-state index contributed by atoms with van der Waals surface area (Å²) in [4.78, 5) is 4.65. The zero-order valence-corrected chi connectivity index (χ0v) is 13.4. The third-order valence-corrected chi connectivity index (χ3v) is 5.01. The number of aromatic nitrogens is 3. The molecule has 1 saturated carbocycles. The van der Waals surface area contributed by atoms with Crippen LogP contribution in [0.15, 0.2) is 30.3 Å². The van der Waals surface area contributed by atoms with Crippen LogP contribution in [0, 0.1) is 5.92 Å². The Bertz CT molecular complexity index is 617. The topological polar surface area (TPSA) is 62.8 Å². The zero-order valence-electron chi connectivity index (χ0n) is 13.4. The summed E-state index contributed by atoms with van der Waals surface area (Å²) in [6.07, 6.45) is 4.73. The van der Waals surface area contributed by atoms with Crippen LogP contribution in [0.3, 0.4) is 0 Å². The normalized spacial score (nSPS) is 20.3. The molecule has 1 aliphatic heterocycles. The van der Waals surface area contributed by atoms with Crippen LogP contribution in [0.2, 0.25) is 0 Å². The Balaban J connectivity index is 1.39. The lowest BCUT2D eigenvalue weighted by Gasteiger charge is -2.19. The molecule has 0 radical (unpaired) electrons. The lowest BCUT2D eigenvalue weighted by molar-refractivity contribution is 0.0836. The molecule has 4 rings (SSSR count). The standard InChI is InChI=1S/C18H24N4O/c1-2-4-13(5-3-1)16(14-6-7-14)12-19-18-20-17(21-22-18)15-8-10-23-11-9-15/h1-5,14-16H,6-12H2,(H2,19,20,21,22). The lowest BCUT2D eigenvalue weighted by atomic mass is 9.94. The number of hydrogen-bond donors (Lipinski definition) is 2. The summed E-state index contributed by atoms with van der Waals surface area (Å²) in [5.74, 6) is 3.55. The van der Waals surface area contributed by atoms with Crippen LogP contribution < -0.4 is 5.32 Å². The predicted molar refractivity (Wildman–Crippen MR) is 89.6 cm³/mol. The van der Waals surface area contributed by atoms with Gasteiger partial charge < -0.3 is 10.1 Å². The van der Waals surface area contributed by atoms with Gasteiger partial charge in [0.1, 0.15) is 5.82 Å². The molecule has 122 valence electrons. The first kappa shape index (κ1) is 14.7. The van der Waals surface area contributed by atoms with Gasteiger partial charge in [-0.05, 0) is 37.2 Å². The van der Waals surface area contributed by atoms with Crippen molar-refractivity contribution >= 4 is 5.95 Å². The second kappa shape index (κ2) is 6.71. The van der Waals surface area contributed by atoms with Crippen molar-refractivity contribution in [2.75, 3.05) is 25.1 Å². The molecule has 5 heteroatoms. The third-order valence-electron chi connectivity index (χ3n) is 5.01. The minimum Gasteiger partial charge on any atom is -0.381 e. The summed E-state index contributed by atoms with van der Waals surface area (Å²) in [5.41, 5.74) is 1.42. The molecule has 23 heavy (non-hydrogen) atoms. The number of H-pyrrole nitrogens is 1. The number of rotatable bonds is 6. The van der Waals surface area contributed by atoms with E-state index in [1.54, 1.807) is 0 Å². The fraction of sp³-hybridized carbons (Fsp3) is 0.556. The third kappa shape index (κ3) is 3.55. The molecule has 1 aromatic heterocycles. The van der Waals surface area contributed by atoms with Gasteiger partial charge in [-0.2, -0.15) is 4.98 Å². The molecular formula is C18H24N4O. The molecule has 1 unspecified atom stereocenters. The van der Waals surface area contributed by atoms with Crippen LogP contribution in [0.25, 0.3) is 0 Å². The Morgan fingerprint density at radius 3 is 2.65 bits per heavy atom. The summed E-state index contributed by atoms with van der Waals surface area (Å²) in [7, 11) is 0. The number of benzene rings is 1. The van der Waals surface area contributed by atoms with Crippen molar-refractivity contribution in [2.45, 2.75) is 37.5 Å². The molecule has 1 saturated heterocycles. The van der Waals surface area contributed by atoms with E-state index in [9.17, 15) is 0 Å². The first-order chi connectivity index (χ1) is 11.4. The Kier molecular flexibility index (Phi) is 4.28. The van der Waals surface area contributed by atoms with Crippen LogP contribution in [-0.2, 0) is 4.74 Å². The van der Waals surface area contributed by atoms with E-state index in [1.165, 1.54) is 18.4 Å². The smallest absolute Gasteiger partial charge is 0.242 e. The average Bonchev–Trinajstić information content (AvgIpc) is 3.34. The Morgan fingerprint density at radius 1 is 1.13 bits per heavy atom. The number of nitrogens with zero attached hydrogens (tertiary/aromatic N) is 2. The number of aromatic amines is 1. The van der Waals surface area contributed by atoms with E-state index < -0.39 is 0 Å². The van der Waals surface area contributed by atoms with Crippen molar-refractivity contribution in [3.05, 3.63) is 41.7 Å². The van der Waals surface area contributed by atoms with Gasteiger partial charge in [0.15, 0.2) is 0 Å². The highest BCUT2D eigenvalue weighted by Crippen LogP contribution is 2.42. The van der Waals surface area contributed by atoms with Crippen LogP contribution in [0.5, 0.6) is 0 Å². The van der Waals surface area contributed by atoms with E-state index in [0.29, 0.717) is 11.8 Å². The molecule has 1 atom stereocenters. The van der Waals surface area contributed by atoms with Gasteiger partial charge in [0.2, 0.25) is 5.95 Å². The molecule has 0 amide bonds.